The third-order valence-corrected chi connectivity index (χ3v) is 6.45. The second-order valence-electron chi connectivity index (χ2n) is 8.32. The van der Waals surface area contributed by atoms with Crippen LogP contribution in [0.25, 0.3) is 16.7 Å². The highest BCUT2D eigenvalue weighted by atomic mass is 16.4. The number of carbonyl (C=O) groups is 2. The standard InChI is InChI=1S/C29H20O6/c30-19-12-8-17(9-13-19)29(18-10-14-20(31)15-11-18)25-7-2-1-4-21(25)22-5-3-6-23(27(22)29)24(28(34)35)16-26(32)33/h1-16,30-31H,(H,32,33)(H,34,35)/b24-16+. The lowest BCUT2D eigenvalue weighted by Crippen LogP contribution is -2.30. The number of rotatable bonds is 5. The quantitative estimate of drug-likeness (QED) is 0.272. The molecule has 4 N–H and O–H groups in total. The molecule has 0 atom stereocenters. The average Bonchev–Trinajstić information content (AvgIpc) is 3.15. The van der Waals surface area contributed by atoms with E-state index in [1.54, 1.807) is 60.7 Å². The first kappa shape index (κ1) is 22.0. The predicted molar refractivity (Wildman–Crippen MR) is 130 cm³/mol. The number of carboxylic acids is 2. The molecule has 35 heavy (non-hydrogen) atoms. The first-order valence-corrected chi connectivity index (χ1v) is 10.8. The summed E-state index contributed by atoms with van der Waals surface area (Å²) < 4.78 is 0. The highest BCUT2D eigenvalue weighted by Crippen LogP contribution is 2.58. The van der Waals surface area contributed by atoms with Gasteiger partial charge in [0.05, 0.1) is 11.0 Å². The van der Waals surface area contributed by atoms with Crippen molar-refractivity contribution in [2.75, 3.05) is 0 Å². The van der Waals surface area contributed by atoms with Gasteiger partial charge in [0.25, 0.3) is 0 Å². The van der Waals surface area contributed by atoms with Crippen molar-refractivity contribution in [2.45, 2.75) is 5.41 Å². The molecule has 4 aromatic rings. The number of aliphatic carboxylic acids is 2. The summed E-state index contributed by atoms with van der Waals surface area (Å²) in [5.41, 5.74) is 3.53. The molecule has 6 nitrogen and oxygen atoms in total. The smallest absolute Gasteiger partial charge is 0.336 e. The van der Waals surface area contributed by atoms with E-state index in [0.29, 0.717) is 11.6 Å². The molecule has 5 rings (SSSR count). The van der Waals surface area contributed by atoms with E-state index in [1.165, 1.54) is 0 Å². The average molecular weight is 464 g/mol. The van der Waals surface area contributed by atoms with Crippen LogP contribution < -0.4 is 0 Å². The maximum absolute atomic E-state index is 12.3. The molecule has 0 unspecified atom stereocenters. The number of carboxylic acid groups (broad SMARTS) is 2. The number of fused-ring (bicyclic) bond motifs is 3. The van der Waals surface area contributed by atoms with Crippen LogP contribution in [0.5, 0.6) is 11.5 Å². The minimum atomic E-state index is -1.37. The molecule has 0 aromatic heterocycles. The molecule has 0 heterocycles. The molecule has 1 aliphatic carbocycles. The Kier molecular flexibility index (Phi) is 5.14. The van der Waals surface area contributed by atoms with Crippen LogP contribution in [0.3, 0.4) is 0 Å². The van der Waals surface area contributed by atoms with Crippen LogP contribution >= 0.6 is 0 Å². The Morgan fingerprint density at radius 1 is 0.657 bits per heavy atom. The second kappa shape index (κ2) is 8.18. The first-order valence-electron chi connectivity index (χ1n) is 10.8. The van der Waals surface area contributed by atoms with Gasteiger partial charge in [0.15, 0.2) is 0 Å². The molecular weight excluding hydrogens is 444 g/mol. The van der Waals surface area contributed by atoms with Crippen LogP contribution in [-0.2, 0) is 15.0 Å². The van der Waals surface area contributed by atoms with Crippen LogP contribution in [0.4, 0.5) is 0 Å². The molecule has 6 heteroatoms. The molecular formula is C29H20O6. The molecule has 172 valence electrons. The monoisotopic (exact) mass is 464 g/mol. The van der Waals surface area contributed by atoms with Crippen molar-refractivity contribution in [2.24, 2.45) is 0 Å². The lowest BCUT2D eigenvalue weighted by atomic mass is 9.66. The summed E-state index contributed by atoms with van der Waals surface area (Å²) in [5.74, 6) is -2.57. The maximum Gasteiger partial charge on any atom is 0.336 e. The van der Waals surface area contributed by atoms with E-state index in [1.807, 2.05) is 30.3 Å². The maximum atomic E-state index is 12.3. The van der Waals surface area contributed by atoms with Crippen molar-refractivity contribution in [1.82, 2.24) is 0 Å². The Bertz CT molecular complexity index is 1450. The van der Waals surface area contributed by atoms with Gasteiger partial charge in [-0.1, -0.05) is 66.7 Å². The van der Waals surface area contributed by atoms with Gasteiger partial charge in [0.1, 0.15) is 11.5 Å². The number of benzene rings is 4. The molecule has 1 aliphatic rings. The Balaban J connectivity index is 2.00. The van der Waals surface area contributed by atoms with Crippen molar-refractivity contribution >= 4 is 17.5 Å². The number of phenols is 2. The summed E-state index contributed by atoms with van der Waals surface area (Å²) in [5, 5.41) is 39.5. The minimum Gasteiger partial charge on any atom is -0.508 e. The van der Waals surface area contributed by atoms with Gasteiger partial charge in [-0.2, -0.15) is 0 Å². The highest BCUT2D eigenvalue weighted by Gasteiger charge is 2.48. The van der Waals surface area contributed by atoms with Crippen molar-refractivity contribution in [1.29, 1.82) is 0 Å². The van der Waals surface area contributed by atoms with Crippen LogP contribution in [-0.4, -0.2) is 32.4 Å². The van der Waals surface area contributed by atoms with Crippen molar-refractivity contribution in [3.05, 3.63) is 125 Å². The van der Waals surface area contributed by atoms with Gasteiger partial charge in [-0.05, 0) is 63.2 Å². The summed E-state index contributed by atoms with van der Waals surface area (Å²) in [6.45, 7) is 0. The molecule has 0 aliphatic heterocycles. The predicted octanol–water partition coefficient (Wildman–Crippen LogP) is 5.01. The molecule has 0 amide bonds. The first-order chi connectivity index (χ1) is 16.8. The molecule has 0 spiro atoms. The van der Waals surface area contributed by atoms with E-state index in [4.69, 9.17) is 0 Å². The number of aromatic hydroxyl groups is 2. The summed E-state index contributed by atoms with van der Waals surface area (Å²) in [6.07, 6.45) is 0.708. The zero-order valence-corrected chi connectivity index (χ0v) is 18.3. The normalized spacial score (nSPS) is 13.7. The van der Waals surface area contributed by atoms with Gasteiger partial charge in [-0.25, -0.2) is 9.59 Å². The lowest BCUT2D eigenvalue weighted by molar-refractivity contribution is -0.133. The number of hydrogen-bond donors (Lipinski definition) is 4. The zero-order valence-electron chi connectivity index (χ0n) is 18.3. The SMILES string of the molecule is O=C(O)/C=C(/C(=O)O)c1cccc2c1C(c1ccc(O)cc1)(c1ccc(O)cc1)c1ccccc1-2. The molecule has 0 radical (unpaired) electrons. The third kappa shape index (κ3) is 3.35. The minimum absolute atomic E-state index is 0.0754. The van der Waals surface area contributed by atoms with E-state index in [2.05, 4.69) is 0 Å². The number of phenolic OH excluding ortho intramolecular Hbond substituents is 2. The van der Waals surface area contributed by atoms with Crippen molar-refractivity contribution in [3.8, 4) is 22.6 Å². The fourth-order valence-corrected chi connectivity index (χ4v) is 5.15. The fraction of sp³-hybridized carbons (Fsp3) is 0.0345. The largest absolute Gasteiger partial charge is 0.508 e. The Labute approximate surface area is 200 Å². The molecule has 0 saturated heterocycles. The molecule has 0 saturated carbocycles. The van der Waals surface area contributed by atoms with E-state index >= 15 is 0 Å². The molecule has 0 bridgehead atoms. The van der Waals surface area contributed by atoms with E-state index in [-0.39, 0.29) is 22.6 Å². The van der Waals surface area contributed by atoms with Gasteiger partial charge in [-0.3, -0.25) is 0 Å². The highest BCUT2D eigenvalue weighted by molar-refractivity contribution is 6.20. The Morgan fingerprint density at radius 2 is 1.20 bits per heavy atom. The van der Waals surface area contributed by atoms with Gasteiger partial charge >= 0.3 is 11.9 Å². The molecule has 4 aromatic carbocycles. The van der Waals surface area contributed by atoms with Crippen LogP contribution in [0.1, 0.15) is 27.8 Å². The van der Waals surface area contributed by atoms with Gasteiger partial charge in [0.2, 0.25) is 0 Å². The summed E-state index contributed by atoms with van der Waals surface area (Å²) in [6, 6.07) is 26.2. The lowest BCUT2D eigenvalue weighted by Gasteiger charge is -2.35. The van der Waals surface area contributed by atoms with Gasteiger partial charge in [0, 0.05) is 6.08 Å². The second-order valence-corrected chi connectivity index (χ2v) is 8.32. The van der Waals surface area contributed by atoms with Crippen molar-refractivity contribution in [3.63, 3.8) is 0 Å². The van der Waals surface area contributed by atoms with Gasteiger partial charge < -0.3 is 20.4 Å². The Morgan fingerprint density at radius 3 is 1.74 bits per heavy atom. The van der Waals surface area contributed by atoms with E-state index in [9.17, 15) is 30.0 Å². The number of hydrogen-bond acceptors (Lipinski definition) is 4. The third-order valence-electron chi connectivity index (χ3n) is 6.45. The zero-order chi connectivity index (χ0) is 24.7. The summed E-state index contributed by atoms with van der Waals surface area (Å²) in [7, 11) is 0. The topological polar surface area (TPSA) is 115 Å². The van der Waals surface area contributed by atoms with E-state index in [0.717, 1.165) is 27.8 Å². The molecule has 0 fully saturated rings. The summed E-state index contributed by atoms with van der Waals surface area (Å²) in [4.78, 5) is 23.9. The van der Waals surface area contributed by atoms with Crippen LogP contribution in [0, 0.1) is 0 Å². The summed E-state index contributed by atoms with van der Waals surface area (Å²) >= 11 is 0. The van der Waals surface area contributed by atoms with Crippen molar-refractivity contribution < 1.29 is 30.0 Å². The fourth-order valence-electron chi connectivity index (χ4n) is 5.15. The van der Waals surface area contributed by atoms with Crippen LogP contribution in [0.2, 0.25) is 0 Å². The Hall–Kier alpha value is -4.84. The van der Waals surface area contributed by atoms with Crippen LogP contribution in [0.15, 0.2) is 97.1 Å². The van der Waals surface area contributed by atoms with Gasteiger partial charge in [-0.15, -0.1) is 0 Å². The van der Waals surface area contributed by atoms with E-state index < -0.39 is 17.4 Å².